The second-order valence-electron chi connectivity index (χ2n) is 10.2. The molecule has 11 heteroatoms. The number of hydrogen-bond donors (Lipinski definition) is 2. The van der Waals surface area contributed by atoms with Crippen molar-refractivity contribution in [1.82, 2.24) is 34.9 Å². The molecule has 0 aliphatic carbocycles. The summed E-state index contributed by atoms with van der Waals surface area (Å²) in [5.41, 5.74) is 2.18. The van der Waals surface area contributed by atoms with E-state index in [2.05, 4.69) is 27.2 Å². The minimum absolute atomic E-state index is 0.0262. The lowest BCUT2D eigenvalue weighted by atomic mass is 10.1. The first-order chi connectivity index (χ1) is 17.1. The van der Waals surface area contributed by atoms with Crippen LogP contribution in [0.5, 0.6) is 5.75 Å². The molecule has 1 aliphatic heterocycles. The van der Waals surface area contributed by atoms with Crippen LogP contribution >= 0.6 is 0 Å². The van der Waals surface area contributed by atoms with Gasteiger partial charge in [0.2, 0.25) is 0 Å². The molecular weight excluding hydrogens is 468 g/mol. The van der Waals surface area contributed by atoms with Crippen LogP contribution in [0.4, 0.5) is 8.78 Å². The van der Waals surface area contributed by atoms with E-state index in [1.54, 1.807) is 12.3 Å². The molecule has 0 unspecified atom stereocenters. The minimum atomic E-state index is -2.99. The van der Waals surface area contributed by atoms with E-state index in [4.69, 9.17) is 14.8 Å². The van der Waals surface area contributed by atoms with Gasteiger partial charge in [-0.2, -0.15) is 13.9 Å². The van der Waals surface area contributed by atoms with Gasteiger partial charge >= 0.3 is 6.61 Å². The normalized spacial score (nSPS) is 15.8. The van der Waals surface area contributed by atoms with E-state index in [0.717, 1.165) is 25.9 Å². The number of amides is 1. The Bertz CT molecular complexity index is 1420. The molecule has 5 rings (SSSR count). The van der Waals surface area contributed by atoms with Crippen LogP contribution in [0.15, 0.2) is 30.6 Å². The number of benzene rings is 1. The molecular formula is C25H29F2N7O2. The van der Waals surface area contributed by atoms with Gasteiger partial charge < -0.3 is 19.9 Å². The lowest BCUT2D eigenvalue weighted by Crippen LogP contribution is -2.40. The lowest BCUT2D eigenvalue weighted by molar-refractivity contribution is -0.0487. The zero-order chi connectivity index (χ0) is 25.6. The van der Waals surface area contributed by atoms with Crippen molar-refractivity contribution in [3.05, 3.63) is 36.2 Å². The number of hydrogen-bond acceptors (Lipinski definition) is 6. The van der Waals surface area contributed by atoms with Crippen molar-refractivity contribution in [2.24, 2.45) is 0 Å². The maximum absolute atomic E-state index is 13.3. The van der Waals surface area contributed by atoms with Crippen molar-refractivity contribution in [3.63, 3.8) is 0 Å². The first kappa shape index (κ1) is 24.1. The van der Waals surface area contributed by atoms with Crippen molar-refractivity contribution >= 4 is 28.0 Å². The molecule has 3 aromatic heterocycles. The Morgan fingerprint density at radius 1 is 1.25 bits per heavy atom. The standard InChI is InChI=1S/C25H29F2N7O2/c1-25(2,3)31-23(35)15-12-28-22-20(15)30-16(13-29-22)21-19-17(6-5-7-18(19)36-24(26)27)34(32-21)14-8-10-33(4)11-9-14/h5-7,12-14,24H,8-11H2,1-4H3,(H,28,29)(H,31,35). The molecule has 9 nitrogen and oxygen atoms in total. The molecule has 1 aliphatic rings. The van der Waals surface area contributed by atoms with Crippen LogP contribution < -0.4 is 10.1 Å². The molecule has 1 saturated heterocycles. The van der Waals surface area contributed by atoms with Gasteiger partial charge in [-0.1, -0.05) is 6.07 Å². The fourth-order valence-corrected chi connectivity index (χ4v) is 4.64. The highest BCUT2D eigenvalue weighted by Crippen LogP contribution is 2.38. The number of carbonyl (C=O) groups is 1. The molecule has 0 atom stereocenters. The summed E-state index contributed by atoms with van der Waals surface area (Å²) in [4.78, 5) is 27.3. The summed E-state index contributed by atoms with van der Waals surface area (Å²) in [7, 11) is 2.08. The van der Waals surface area contributed by atoms with E-state index < -0.39 is 12.2 Å². The number of aromatic nitrogens is 5. The van der Waals surface area contributed by atoms with Gasteiger partial charge in [0.05, 0.1) is 28.7 Å². The number of piperidine rings is 1. The molecule has 2 N–H and O–H groups in total. The van der Waals surface area contributed by atoms with Crippen molar-refractivity contribution in [1.29, 1.82) is 0 Å². The van der Waals surface area contributed by atoms with E-state index in [1.807, 2.05) is 31.5 Å². The van der Waals surface area contributed by atoms with E-state index in [1.165, 1.54) is 12.3 Å². The van der Waals surface area contributed by atoms with Gasteiger partial charge in [0.25, 0.3) is 5.91 Å². The number of alkyl halides is 2. The van der Waals surface area contributed by atoms with Gasteiger partial charge in [-0.15, -0.1) is 0 Å². The predicted octanol–water partition coefficient (Wildman–Crippen LogP) is 4.37. The van der Waals surface area contributed by atoms with Crippen LogP contribution in [-0.2, 0) is 0 Å². The molecule has 0 saturated carbocycles. The van der Waals surface area contributed by atoms with Crippen LogP contribution in [-0.4, -0.2) is 67.8 Å². The Morgan fingerprint density at radius 3 is 2.69 bits per heavy atom. The molecule has 190 valence electrons. The molecule has 4 aromatic rings. The Balaban J connectivity index is 1.66. The van der Waals surface area contributed by atoms with Crippen molar-refractivity contribution < 1.29 is 18.3 Å². The largest absolute Gasteiger partial charge is 0.434 e. The fraction of sp³-hybridized carbons (Fsp3) is 0.440. The number of fused-ring (bicyclic) bond motifs is 2. The van der Waals surface area contributed by atoms with Gasteiger partial charge in [-0.3, -0.25) is 9.48 Å². The minimum Gasteiger partial charge on any atom is -0.434 e. The molecule has 4 heterocycles. The third-order valence-corrected chi connectivity index (χ3v) is 6.30. The monoisotopic (exact) mass is 497 g/mol. The number of ether oxygens (including phenoxy) is 1. The third-order valence-electron chi connectivity index (χ3n) is 6.30. The first-order valence-electron chi connectivity index (χ1n) is 11.9. The predicted molar refractivity (Wildman–Crippen MR) is 132 cm³/mol. The fourth-order valence-electron chi connectivity index (χ4n) is 4.64. The molecule has 0 spiro atoms. The topological polar surface area (TPSA) is 101 Å². The van der Waals surface area contributed by atoms with Crippen molar-refractivity contribution in [2.75, 3.05) is 20.1 Å². The summed E-state index contributed by atoms with van der Waals surface area (Å²) in [6.45, 7) is 4.52. The molecule has 0 radical (unpaired) electrons. The highest BCUT2D eigenvalue weighted by Gasteiger charge is 2.27. The summed E-state index contributed by atoms with van der Waals surface area (Å²) in [6, 6.07) is 5.15. The van der Waals surface area contributed by atoms with Crippen LogP contribution in [0.3, 0.4) is 0 Å². The zero-order valence-electron chi connectivity index (χ0n) is 20.7. The smallest absolute Gasteiger partial charge is 0.387 e. The van der Waals surface area contributed by atoms with Gasteiger partial charge in [0, 0.05) is 11.7 Å². The lowest BCUT2D eigenvalue weighted by Gasteiger charge is -2.29. The summed E-state index contributed by atoms with van der Waals surface area (Å²) in [6.07, 6.45) is 4.86. The summed E-state index contributed by atoms with van der Waals surface area (Å²) < 4.78 is 33.4. The third kappa shape index (κ3) is 4.62. The van der Waals surface area contributed by atoms with E-state index in [9.17, 15) is 13.6 Å². The number of nitrogens with one attached hydrogen (secondary N) is 2. The van der Waals surface area contributed by atoms with Crippen molar-refractivity contribution in [3.8, 4) is 17.1 Å². The summed E-state index contributed by atoms with van der Waals surface area (Å²) in [5.74, 6) is -0.262. The number of likely N-dealkylation sites (tertiary alicyclic amines) is 1. The van der Waals surface area contributed by atoms with Crippen molar-refractivity contribution in [2.45, 2.75) is 51.8 Å². The quantitative estimate of drug-likeness (QED) is 0.425. The van der Waals surface area contributed by atoms with E-state index in [0.29, 0.717) is 39.0 Å². The second kappa shape index (κ2) is 9.12. The SMILES string of the molecule is CN1CCC(n2nc(-c3cnc4[nH]cc(C(=O)NC(C)(C)C)c4n3)c3c(OC(F)F)cccc32)CC1. The number of nitrogens with zero attached hydrogens (tertiary/aromatic N) is 5. The zero-order valence-corrected chi connectivity index (χ0v) is 20.7. The maximum Gasteiger partial charge on any atom is 0.387 e. The maximum atomic E-state index is 13.3. The Labute approximate surface area is 206 Å². The Morgan fingerprint density at radius 2 is 2.00 bits per heavy atom. The van der Waals surface area contributed by atoms with Gasteiger partial charge in [0.1, 0.15) is 22.7 Å². The molecule has 1 aromatic carbocycles. The van der Waals surface area contributed by atoms with Crippen LogP contribution in [0, 0.1) is 0 Å². The number of H-pyrrole nitrogens is 1. The van der Waals surface area contributed by atoms with E-state index in [-0.39, 0.29) is 17.7 Å². The molecule has 0 bridgehead atoms. The molecule has 1 amide bonds. The second-order valence-corrected chi connectivity index (χ2v) is 10.2. The number of halogens is 2. The number of rotatable bonds is 5. The van der Waals surface area contributed by atoms with Crippen LogP contribution in [0.2, 0.25) is 0 Å². The average Bonchev–Trinajstić information content (AvgIpc) is 3.40. The van der Waals surface area contributed by atoms with Gasteiger partial charge in [-0.05, 0) is 65.9 Å². The highest BCUT2D eigenvalue weighted by atomic mass is 19.3. The molecule has 36 heavy (non-hydrogen) atoms. The number of carbonyl (C=O) groups excluding carboxylic acids is 1. The average molecular weight is 498 g/mol. The summed E-state index contributed by atoms with van der Waals surface area (Å²) in [5, 5.41) is 8.24. The Kier molecular flexibility index (Phi) is 6.11. The van der Waals surface area contributed by atoms with Gasteiger partial charge in [-0.25, -0.2) is 9.97 Å². The van der Waals surface area contributed by atoms with Crippen LogP contribution in [0.1, 0.15) is 50.0 Å². The van der Waals surface area contributed by atoms with Crippen LogP contribution in [0.25, 0.3) is 33.5 Å². The molecule has 1 fully saturated rings. The highest BCUT2D eigenvalue weighted by molar-refractivity contribution is 6.05. The first-order valence-corrected chi connectivity index (χ1v) is 11.9. The Hall–Kier alpha value is -3.60. The van der Waals surface area contributed by atoms with E-state index >= 15 is 0 Å². The van der Waals surface area contributed by atoms with Gasteiger partial charge in [0.15, 0.2) is 5.65 Å². The summed E-state index contributed by atoms with van der Waals surface area (Å²) >= 11 is 0. The number of aromatic amines is 1.